The van der Waals surface area contributed by atoms with E-state index in [2.05, 4.69) is 9.72 Å². The van der Waals surface area contributed by atoms with Gasteiger partial charge in [0.1, 0.15) is 5.75 Å². The van der Waals surface area contributed by atoms with Crippen molar-refractivity contribution in [3.05, 3.63) is 42.2 Å². The van der Waals surface area contributed by atoms with E-state index in [1.807, 2.05) is 0 Å². The highest BCUT2D eigenvalue weighted by Crippen LogP contribution is 2.44. The van der Waals surface area contributed by atoms with E-state index >= 15 is 0 Å². The van der Waals surface area contributed by atoms with Crippen molar-refractivity contribution < 1.29 is 27.1 Å². The third-order valence-corrected chi connectivity index (χ3v) is 6.05. The van der Waals surface area contributed by atoms with Gasteiger partial charge in [-0.1, -0.05) is 6.42 Å². The number of anilines is 1. The van der Waals surface area contributed by atoms with Crippen molar-refractivity contribution in [2.24, 2.45) is 5.73 Å². The number of primary amides is 1. The average molecular weight is 449 g/mol. The molecule has 32 heavy (non-hydrogen) atoms. The highest BCUT2D eigenvalue weighted by Gasteiger charge is 2.49. The van der Waals surface area contributed by atoms with Crippen LogP contribution in [0.4, 0.5) is 23.2 Å². The number of aromatic nitrogens is 3. The number of fused-ring (bicyclic) bond motifs is 1. The van der Waals surface area contributed by atoms with Crippen LogP contribution in [0.25, 0.3) is 16.7 Å². The number of carbonyl (C=O) groups excluding carboxylic acids is 1. The summed E-state index contributed by atoms with van der Waals surface area (Å²) in [4.78, 5) is 17.6. The Bertz CT molecular complexity index is 1180. The number of carbonyl (C=O) groups is 1. The van der Waals surface area contributed by atoms with Crippen LogP contribution in [0.5, 0.6) is 5.75 Å². The summed E-state index contributed by atoms with van der Waals surface area (Å²) in [5, 5.41) is 5.49. The summed E-state index contributed by atoms with van der Waals surface area (Å²) in [6.07, 6.45) is -0.247. The molecule has 7 nitrogen and oxygen atoms in total. The topological polar surface area (TPSA) is 86.3 Å². The number of benzene rings is 1. The SMILES string of the molecule is NC(=O)C1(F)CN(c2ccnc3c2c(C2CCC2)nn3-c2ccc(OC(F)(F)F)cc2)C1. The molecule has 0 spiro atoms. The van der Waals surface area contributed by atoms with Gasteiger partial charge in [-0.25, -0.2) is 14.1 Å². The predicted molar refractivity (Wildman–Crippen MR) is 107 cm³/mol. The van der Waals surface area contributed by atoms with Crippen LogP contribution in [0.1, 0.15) is 30.9 Å². The maximum absolute atomic E-state index is 14.5. The van der Waals surface area contributed by atoms with Crippen molar-refractivity contribution in [1.82, 2.24) is 14.8 Å². The molecule has 168 valence electrons. The van der Waals surface area contributed by atoms with E-state index in [4.69, 9.17) is 10.8 Å². The molecule has 1 aromatic carbocycles. The van der Waals surface area contributed by atoms with Gasteiger partial charge in [-0.15, -0.1) is 13.2 Å². The van der Waals surface area contributed by atoms with Gasteiger partial charge >= 0.3 is 6.36 Å². The number of halogens is 4. The molecule has 1 aliphatic heterocycles. The summed E-state index contributed by atoms with van der Waals surface area (Å²) in [6, 6.07) is 7.11. The van der Waals surface area contributed by atoms with Crippen molar-refractivity contribution in [3.8, 4) is 11.4 Å². The zero-order valence-corrected chi connectivity index (χ0v) is 16.8. The van der Waals surface area contributed by atoms with Crippen molar-refractivity contribution in [2.75, 3.05) is 18.0 Å². The standard InChI is InChI=1S/C21H19F4N5O2/c22-20(19(26)31)10-29(11-20)15-8-9-27-18-16(15)17(12-2-1-3-12)28-30(18)13-4-6-14(7-5-13)32-21(23,24)25/h4-9,12H,1-3,10-11H2,(H2,26,31). The molecule has 1 amide bonds. The van der Waals surface area contributed by atoms with Gasteiger partial charge in [0.2, 0.25) is 5.67 Å². The van der Waals surface area contributed by atoms with Gasteiger partial charge in [0, 0.05) is 12.1 Å². The second-order valence-electron chi connectivity index (χ2n) is 8.18. The Morgan fingerprint density at radius 3 is 2.41 bits per heavy atom. The molecular weight excluding hydrogens is 430 g/mol. The van der Waals surface area contributed by atoms with E-state index in [0.29, 0.717) is 17.0 Å². The molecule has 3 heterocycles. The zero-order valence-electron chi connectivity index (χ0n) is 16.8. The Balaban J connectivity index is 1.56. The van der Waals surface area contributed by atoms with Gasteiger partial charge in [-0.3, -0.25) is 4.79 Å². The molecular formula is C21H19F4N5O2. The monoisotopic (exact) mass is 449 g/mol. The number of amides is 1. The molecule has 2 fully saturated rings. The average Bonchev–Trinajstić information content (AvgIpc) is 3.03. The predicted octanol–water partition coefficient (Wildman–Crippen LogP) is 3.60. The highest BCUT2D eigenvalue weighted by atomic mass is 19.4. The molecule has 1 saturated heterocycles. The van der Waals surface area contributed by atoms with Gasteiger partial charge in [0.25, 0.3) is 5.91 Å². The minimum Gasteiger partial charge on any atom is -0.406 e. The molecule has 0 atom stereocenters. The number of nitrogens with zero attached hydrogens (tertiary/aromatic N) is 4. The van der Waals surface area contributed by atoms with E-state index in [0.717, 1.165) is 30.3 Å². The molecule has 0 bridgehead atoms. The summed E-state index contributed by atoms with van der Waals surface area (Å²) >= 11 is 0. The van der Waals surface area contributed by atoms with Crippen molar-refractivity contribution >= 4 is 22.6 Å². The first-order valence-electron chi connectivity index (χ1n) is 10.1. The fourth-order valence-corrected chi connectivity index (χ4v) is 4.14. The molecule has 0 unspecified atom stereocenters. The minimum absolute atomic E-state index is 0.153. The normalized spacial score (nSPS) is 18.3. The summed E-state index contributed by atoms with van der Waals surface area (Å²) in [5.74, 6) is -1.12. The number of ether oxygens (including phenoxy) is 1. The Morgan fingerprint density at radius 2 is 1.84 bits per heavy atom. The summed E-state index contributed by atoms with van der Waals surface area (Å²) in [6.45, 7) is -0.305. The second kappa shape index (κ2) is 7.07. The van der Waals surface area contributed by atoms with Crippen molar-refractivity contribution in [1.29, 1.82) is 0 Å². The van der Waals surface area contributed by atoms with E-state index < -0.39 is 17.9 Å². The lowest BCUT2D eigenvalue weighted by molar-refractivity contribution is -0.274. The van der Waals surface area contributed by atoms with Crippen molar-refractivity contribution in [3.63, 3.8) is 0 Å². The Kier molecular flexibility index (Phi) is 4.54. The molecule has 1 aliphatic carbocycles. The number of alkyl halides is 4. The van der Waals surface area contributed by atoms with Crippen LogP contribution >= 0.6 is 0 Å². The molecule has 2 N–H and O–H groups in total. The Morgan fingerprint density at radius 1 is 1.16 bits per heavy atom. The first-order chi connectivity index (χ1) is 15.1. The van der Waals surface area contributed by atoms with E-state index in [9.17, 15) is 22.4 Å². The maximum Gasteiger partial charge on any atom is 0.573 e. The second-order valence-corrected chi connectivity index (χ2v) is 8.18. The quantitative estimate of drug-likeness (QED) is 0.602. The first-order valence-corrected chi connectivity index (χ1v) is 10.1. The summed E-state index contributed by atoms with van der Waals surface area (Å²) in [7, 11) is 0. The van der Waals surface area contributed by atoms with Crippen LogP contribution < -0.4 is 15.4 Å². The van der Waals surface area contributed by atoms with Crippen LogP contribution in [0.2, 0.25) is 0 Å². The molecule has 3 aromatic rings. The molecule has 1 saturated carbocycles. The van der Waals surface area contributed by atoms with E-state index in [-0.39, 0.29) is 24.8 Å². The first kappa shape index (κ1) is 20.5. The lowest BCUT2D eigenvalue weighted by atomic mass is 9.81. The van der Waals surface area contributed by atoms with Crippen LogP contribution in [0.3, 0.4) is 0 Å². The largest absolute Gasteiger partial charge is 0.573 e. The number of nitrogens with two attached hydrogens (primary N) is 1. The Hall–Kier alpha value is -3.37. The van der Waals surface area contributed by atoms with Gasteiger partial charge in [-0.05, 0) is 43.2 Å². The lowest BCUT2D eigenvalue weighted by Crippen LogP contribution is -2.65. The fraction of sp³-hybridized carbons (Fsp3) is 0.381. The van der Waals surface area contributed by atoms with Gasteiger partial charge < -0.3 is 15.4 Å². The van der Waals surface area contributed by atoms with E-state index in [1.54, 1.807) is 21.8 Å². The smallest absolute Gasteiger partial charge is 0.406 e. The molecule has 5 rings (SSSR count). The maximum atomic E-state index is 14.5. The van der Waals surface area contributed by atoms with Gasteiger partial charge in [0.05, 0.1) is 35.5 Å². The summed E-state index contributed by atoms with van der Waals surface area (Å²) in [5.41, 5.74) is 5.63. The van der Waals surface area contributed by atoms with Gasteiger partial charge in [-0.2, -0.15) is 5.10 Å². The van der Waals surface area contributed by atoms with E-state index in [1.165, 1.54) is 24.3 Å². The molecule has 0 radical (unpaired) electrons. The molecule has 2 aliphatic rings. The number of rotatable bonds is 5. The minimum atomic E-state index is -4.78. The Labute approximate surface area is 179 Å². The van der Waals surface area contributed by atoms with Crippen molar-refractivity contribution in [2.45, 2.75) is 37.2 Å². The fourth-order valence-electron chi connectivity index (χ4n) is 4.14. The third-order valence-electron chi connectivity index (χ3n) is 6.05. The molecule has 2 aromatic heterocycles. The van der Waals surface area contributed by atoms with Gasteiger partial charge in [0.15, 0.2) is 5.65 Å². The third kappa shape index (κ3) is 3.41. The number of hydrogen-bond donors (Lipinski definition) is 1. The highest BCUT2D eigenvalue weighted by molar-refractivity contribution is 5.96. The van der Waals surface area contributed by atoms with Crippen LogP contribution in [0, 0.1) is 0 Å². The molecule has 11 heteroatoms. The van der Waals surface area contributed by atoms with Crippen LogP contribution in [-0.4, -0.2) is 45.8 Å². The number of hydrogen-bond acceptors (Lipinski definition) is 5. The summed E-state index contributed by atoms with van der Waals surface area (Å²) < 4.78 is 57.4. The zero-order chi connectivity index (χ0) is 22.7. The number of pyridine rings is 1. The van der Waals surface area contributed by atoms with Crippen LogP contribution in [0.15, 0.2) is 36.5 Å². The van der Waals surface area contributed by atoms with Crippen LogP contribution in [-0.2, 0) is 4.79 Å². The lowest BCUT2D eigenvalue weighted by Gasteiger charge is -2.44.